The van der Waals surface area contributed by atoms with Crippen LogP contribution < -0.4 is 5.32 Å². The summed E-state index contributed by atoms with van der Waals surface area (Å²) in [6, 6.07) is 11.6. The number of aryl methyl sites for hydroxylation is 1. The molecule has 22 heavy (non-hydrogen) atoms. The Labute approximate surface area is 141 Å². The maximum atomic E-state index is 12.6. The van der Waals surface area contributed by atoms with Crippen molar-refractivity contribution in [3.63, 3.8) is 0 Å². The zero-order valence-electron chi connectivity index (χ0n) is 13.2. The van der Waals surface area contributed by atoms with Gasteiger partial charge in [-0.05, 0) is 48.4 Å². The zero-order chi connectivity index (χ0) is 16.3. The van der Waals surface area contributed by atoms with E-state index >= 15 is 0 Å². The summed E-state index contributed by atoms with van der Waals surface area (Å²) in [6.07, 6.45) is 1.98. The fraction of sp³-hybridized carbons (Fsp3) is 0.278. The van der Waals surface area contributed by atoms with Crippen molar-refractivity contribution in [2.45, 2.75) is 31.6 Å². The van der Waals surface area contributed by atoms with Crippen LogP contribution in [0.5, 0.6) is 0 Å². The number of amides is 1. The Balaban J connectivity index is 2.38. The van der Waals surface area contributed by atoms with Gasteiger partial charge in [0.15, 0.2) is 0 Å². The number of benzene rings is 2. The molecule has 0 radical (unpaired) electrons. The highest BCUT2D eigenvalue weighted by atomic mass is 35.5. The van der Waals surface area contributed by atoms with Gasteiger partial charge in [-0.1, -0.05) is 43.6 Å². The summed E-state index contributed by atoms with van der Waals surface area (Å²) in [7, 11) is 0. The molecule has 0 saturated heterocycles. The van der Waals surface area contributed by atoms with Crippen molar-refractivity contribution >= 4 is 35.0 Å². The van der Waals surface area contributed by atoms with Gasteiger partial charge in [-0.2, -0.15) is 0 Å². The number of anilines is 1. The van der Waals surface area contributed by atoms with Crippen molar-refractivity contribution in [2.75, 3.05) is 11.6 Å². The van der Waals surface area contributed by atoms with Crippen LogP contribution in [0.3, 0.4) is 0 Å². The summed E-state index contributed by atoms with van der Waals surface area (Å²) < 4.78 is 0. The molecule has 0 heterocycles. The van der Waals surface area contributed by atoms with E-state index in [0.29, 0.717) is 16.5 Å². The summed E-state index contributed by atoms with van der Waals surface area (Å²) in [5.41, 5.74) is 3.57. The second-order valence-corrected chi connectivity index (χ2v) is 6.78. The number of hydrogen-bond donors (Lipinski definition) is 1. The molecule has 0 aliphatic carbocycles. The molecule has 0 atom stereocenters. The number of carbonyl (C=O) groups excluding carboxylic acids is 1. The third-order valence-corrected chi connectivity index (χ3v) is 4.64. The van der Waals surface area contributed by atoms with E-state index in [0.717, 1.165) is 21.7 Å². The third kappa shape index (κ3) is 3.65. The topological polar surface area (TPSA) is 29.1 Å². The lowest BCUT2D eigenvalue weighted by Crippen LogP contribution is -2.15. The Bertz CT molecular complexity index is 697. The average molecular weight is 334 g/mol. The molecule has 4 heteroatoms. The van der Waals surface area contributed by atoms with E-state index in [2.05, 4.69) is 19.2 Å². The Morgan fingerprint density at radius 2 is 1.95 bits per heavy atom. The summed E-state index contributed by atoms with van der Waals surface area (Å²) in [6.45, 7) is 6.24. The van der Waals surface area contributed by atoms with Gasteiger partial charge in [-0.15, -0.1) is 11.8 Å². The summed E-state index contributed by atoms with van der Waals surface area (Å²) in [5.74, 6) is 0.167. The Kier molecular flexibility index (Phi) is 5.54. The number of thioether (sulfide) groups is 1. The number of hydrogen-bond acceptors (Lipinski definition) is 2. The van der Waals surface area contributed by atoms with Gasteiger partial charge in [-0.3, -0.25) is 4.79 Å². The van der Waals surface area contributed by atoms with Crippen LogP contribution >= 0.6 is 23.4 Å². The largest absolute Gasteiger partial charge is 0.321 e. The summed E-state index contributed by atoms with van der Waals surface area (Å²) >= 11 is 7.77. The quantitative estimate of drug-likeness (QED) is 0.722. The van der Waals surface area contributed by atoms with Crippen LogP contribution in [0, 0.1) is 6.92 Å². The first-order valence-electron chi connectivity index (χ1n) is 7.18. The minimum Gasteiger partial charge on any atom is -0.321 e. The lowest BCUT2D eigenvalue weighted by Gasteiger charge is -2.17. The standard InChI is InChI=1S/C18H20ClNOS/c1-11(2)14-7-5-6-12(3)17(14)20-18(21)15-10-13(22-4)8-9-16(15)19/h5-11H,1-4H3,(H,20,21). The monoisotopic (exact) mass is 333 g/mol. The molecule has 0 saturated carbocycles. The van der Waals surface area contributed by atoms with Crippen LogP contribution in [0.4, 0.5) is 5.69 Å². The van der Waals surface area contributed by atoms with Crippen molar-refractivity contribution in [3.8, 4) is 0 Å². The highest BCUT2D eigenvalue weighted by Gasteiger charge is 2.15. The van der Waals surface area contributed by atoms with Gasteiger partial charge in [0.05, 0.1) is 10.6 Å². The molecule has 1 N–H and O–H groups in total. The first-order valence-corrected chi connectivity index (χ1v) is 8.78. The molecule has 2 aromatic carbocycles. The summed E-state index contributed by atoms with van der Waals surface area (Å²) in [5, 5.41) is 3.50. The van der Waals surface area contributed by atoms with Gasteiger partial charge in [0, 0.05) is 10.6 Å². The molecule has 2 nitrogen and oxygen atoms in total. The molecule has 0 aromatic heterocycles. The highest BCUT2D eigenvalue weighted by Crippen LogP contribution is 2.29. The van der Waals surface area contributed by atoms with Crippen LogP contribution in [0.15, 0.2) is 41.3 Å². The van der Waals surface area contributed by atoms with Crippen molar-refractivity contribution in [3.05, 3.63) is 58.1 Å². The first kappa shape index (κ1) is 16.9. The first-order chi connectivity index (χ1) is 10.4. The number of nitrogens with one attached hydrogen (secondary N) is 1. The van der Waals surface area contributed by atoms with E-state index in [1.807, 2.05) is 43.5 Å². The molecule has 0 aliphatic rings. The molecule has 2 aromatic rings. The predicted molar refractivity (Wildman–Crippen MR) is 96.5 cm³/mol. The molecular weight excluding hydrogens is 314 g/mol. The molecule has 0 fully saturated rings. The van der Waals surface area contributed by atoms with Gasteiger partial charge < -0.3 is 5.32 Å². The van der Waals surface area contributed by atoms with Gasteiger partial charge in [0.25, 0.3) is 5.91 Å². The zero-order valence-corrected chi connectivity index (χ0v) is 14.8. The average Bonchev–Trinajstić information content (AvgIpc) is 2.49. The number of halogens is 1. The maximum Gasteiger partial charge on any atom is 0.257 e. The molecule has 1 amide bonds. The SMILES string of the molecule is CSc1ccc(Cl)c(C(=O)Nc2c(C)cccc2C(C)C)c1. The minimum absolute atomic E-state index is 0.169. The second-order valence-electron chi connectivity index (χ2n) is 5.49. The van der Waals surface area contributed by atoms with Gasteiger partial charge in [-0.25, -0.2) is 0 Å². The molecular formula is C18H20ClNOS. The third-order valence-electron chi connectivity index (χ3n) is 3.58. The number of rotatable bonds is 4. The fourth-order valence-electron chi connectivity index (χ4n) is 2.33. The molecule has 0 unspecified atom stereocenters. The van der Waals surface area contributed by atoms with E-state index in [1.165, 1.54) is 0 Å². The van der Waals surface area contributed by atoms with E-state index in [4.69, 9.17) is 11.6 Å². The van der Waals surface area contributed by atoms with Gasteiger partial charge in [0.2, 0.25) is 0 Å². The van der Waals surface area contributed by atoms with Crippen LogP contribution in [-0.2, 0) is 0 Å². The van der Waals surface area contributed by atoms with Crippen LogP contribution in [0.2, 0.25) is 5.02 Å². The molecule has 0 spiro atoms. The maximum absolute atomic E-state index is 12.6. The molecule has 116 valence electrons. The Hall–Kier alpha value is -1.45. The van der Waals surface area contributed by atoms with E-state index < -0.39 is 0 Å². The van der Waals surface area contributed by atoms with Gasteiger partial charge >= 0.3 is 0 Å². The van der Waals surface area contributed by atoms with E-state index in [1.54, 1.807) is 17.8 Å². The second kappa shape index (κ2) is 7.21. The van der Waals surface area contributed by atoms with Crippen LogP contribution in [-0.4, -0.2) is 12.2 Å². The van der Waals surface area contributed by atoms with E-state index in [-0.39, 0.29) is 5.91 Å². The molecule has 0 aliphatic heterocycles. The molecule has 0 bridgehead atoms. The Morgan fingerprint density at radius 1 is 1.23 bits per heavy atom. The van der Waals surface area contributed by atoms with Crippen LogP contribution in [0.1, 0.15) is 41.3 Å². The number of para-hydroxylation sites is 1. The van der Waals surface area contributed by atoms with E-state index in [9.17, 15) is 4.79 Å². The van der Waals surface area contributed by atoms with Crippen molar-refractivity contribution in [1.29, 1.82) is 0 Å². The smallest absolute Gasteiger partial charge is 0.257 e. The molecule has 2 rings (SSSR count). The Morgan fingerprint density at radius 3 is 2.59 bits per heavy atom. The van der Waals surface area contributed by atoms with Crippen molar-refractivity contribution in [1.82, 2.24) is 0 Å². The normalized spacial score (nSPS) is 10.8. The fourth-order valence-corrected chi connectivity index (χ4v) is 2.97. The van der Waals surface area contributed by atoms with Crippen molar-refractivity contribution < 1.29 is 4.79 Å². The number of carbonyl (C=O) groups is 1. The lowest BCUT2D eigenvalue weighted by atomic mass is 9.98. The van der Waals surface area contributed by atoms with Crippen LogP contribution in [0.25, 0.3) is 0 Å². The highest BCUT2D eigenvalue weighted by molar-refractivity contribution is 7.98. The van der Waals surface area contributed by atoms with Crippen molar-refractivity contribution in [2.24, 2.45) is 0 Å². The summed E-state index contributed by atoms with van der Waals surface area (Å²) in [4.78, 5) is 13.6. The predicted octanol–water partition coefficient (Wildman–Crippen LogP) is 5.75. The lowest BCUT2D eigenvalue weighted by molar-refractivity contribution is 0.102. The minimum atomic E-state index is -0.169. The van der Waals surface area contributed by atoms with Gasteiger partial charge in [0.1, 0.15) is 0 Å².